The number of carbonyl (C=O) groups is 1. The van der Waals surface area contributed by atoms with Crippen molar-refractivity contribution in [1.29, 1.82) is 0 Å². The summed E-state index contributed by atoms with van der Waals surface area (Å²) in [6.07, 6.45) is -1.14. The predicted molar refractivity (Wildman–Crippen MR) is 147 cm³/mol. The van der Waals surface area contributed by atoms with Gasteiger partial charge in [0.1, 0.15) is 18.4 Å². The van der Waals surface area contributed by atoms with E-state index in [1.807, 2.05) is 112 Å². The number of carbonyl (C=O) groups excluding carboxylic acids is 1. The lowest BCUT2D eigenvalue weighted by atomic mass is 9.94. The van der Waals surface area contributed by atoms with Crippen LogP contribution in [0, 0.1) is 5.41 Å². The first-order chi connectivity index (χ1) is 18.4. The number of benzene rings is 3. The smallest absolute Gasteiger partial charge is 0.227 e. The van der Waals surface area contributed by atoms with E-state index in [9.17, 15) is 4.79 Å². The zero-order chi connectivity index (χ0) is 26.8. The molecule has 1 saturated heterocycles. The molecule has 6 heteroatoms. The Labute approximate surface area is 226 Å². The first kappa shape index (κ1) is 28.0. The molecule has 3 aromatic rings. The number of hydrogen-bond acceptors (Lipinski definition) is 5. The highest BCUT2D eigenvalue weighted by Crippen LogP contribution is 2.28. The van der Waals surface area contributed by atoms with Crippen LogP contribution in [0.15, 0.2) is 91.0 Å². The van der Waals surface area contributed by atoms with Crippen molar-refractivity contribution in [1.82, 2.24) is 5.32 Å². The third-order valence-corrected chi connectivity index (χ3v) is 6.48. The fraction of sp³-hybridized carbons (Fsp3) is 0.406. The minimum atomic E-state index is -0.538. The number of nitrogens with one attached hydrogen (secondary N) is 1. The standard InChI is InChI=1S/C32H39NO5/c1-32(2,3)31(34)33-29-19-27(36-21-25-15-9-5-10-16-25)30(37-22-26-17-11-6-12-18-26)28(38-29)23-35-20-24-13-7-4-8-14-24/h4-18,27-30H,19-23H2,1-3H3,(H,33,34)/t27-,28-,29-,30-/m1/s1. The average molecular weight is 518 g/mol. The maximum Gasteiger partial charge on any atom is 0.227 e. The topological polar surface area (TPSA) is 66.0 Å². The molecule has 1 fully saturated rings. The molecule has 0 radical (unpaired) electrons. The minimum absolute atomic E-state index is 0.0723. The van der Waals surface area contributed by atoms with Gasteiger partial charge in [-0.1, -0.05) is 112 Å². The van der Waals surface area contributed by atoms with Gasteiger partial charge in [0.05, 0.1) is 32.5 Å². The molecule has 0 aromatic heterocycles. The quantitative estimate of drug-likeness (QED) is 0.356. The highest BCUT2D eigenvalue weighted by Gasteiger charge is 2.42. The van der Waals surface area contributed by atoms with E-state index >= 15 is 0 Å². The Bertz CT molecular complexity index is 1100. The lowest BCUT2D eigenvalue weighted by Gasteiger charge is -2.42. The van der Waals surface area contributed by atoms with Crippen molar-refractivity contribution in [2.24, 2.45) is 5.41 Å². The maximum absolute atomic E-state index is 12.8. The molecular weight excluding hydrogens is 478 g/mol. The van der Waals surface area contributed by atoms with Crippen LogP contribution in [0.2, 0.25) is 0 Å². The molecule has 0 spiro atoms. The second-order valence-corrected chi connectivity index (χ2v) is 10.7. The van der Waals surface area contributed by atoms with E-state index < -0.39 is 17.7 Å². The van der Waals surface area contributed by atoms with Crippen molar-refractivity contribution in [2.45, 2.75) is 71.6 Å². The summed E-state index contributed by atoms with van der Waals surface area (Å²) >= 11 is 0. The Hall–Kier alpha value is -3.03. The Balaban J connectivity index is 1.51. The lowest BCUT2D eigenvalue weighted by Crippen LogP contribution is -2.57. The van der Waals surface area contributed by atoms with Crippen LogP contribution in [0.3, 0.4) is 0 Å². The second-order valence-electron chi connectivity index (χ2n) is 10.7. The van der Waals surface area contributed by atoms with E-state index in [0.717, 1.165) is 16.7 Å². The Morgan fingerprint density at radius 1 is 0.789 bits per heavy atom. The molecule has 1 heterocycles. The molecule has 6 nitrogen and oxygen atoms in total. The Morgan fingerprint density at radius 2 is 1.29 bits per heavy atom. The molecule has 1 aliphatic rings. The summed E-state index contributed by atoms with van der Waals surface area (Å²) in [5, 5.41) is 3.07. The normalized spacial score (nSPS) is 21.7. The van der Waals surface area contributed by atoms with Gasteiger partial charge in [-0.25, -0.2) is 0 Å². The largest absolute Gasteiger partial charge is 0.374 e. The molecule has 0 bridgehead atoms. The van der Waals surface area contributed by atoms with E-state index in [2.05, 4.69) is 5.32 Å². The van der Waals surface area contributed by atoms with Gasteiger partial charge in [0, 0.05) is 11.8 Å². The first-order valence-electron chi connectivity index (χ1n) is 13.3. The number of ether oxygens (including phenoxy) is 4. The molecule has 0 unspecified atom stereocenters. The van der Waals surface area contributed by atoms with Gasteiger partial charge in [-0.2, -0.15) is 0 Å². The summed E-state index contributed by atoms with van der Waals surface area (Å²) in [7, 11) is 0. The molecule has 4 atom stereocenters. The van der Waals surface area contributed by atoms with E-state index in [0.29, 0.717) is 32.8 Å². The third kappa shape index (κ3) is 8.50. The molecule has 0 aliphatic carbocycles. The fourth-order valence-corrected chi connectivity index (χ4v) is 4.31. The predicted octanol–water partition coefficient (Wildman–Crippen LogP) is 5.65. The summed E-state index contributed by atoms with van der Waals surface area (Å²) in [5.41, 5.74) is 2.69. The van der Waals surface area contributed by atoms with Gasteiger partial charge in [-0.3, -0.25) is 4.79 Å². The molecular formula is C32H39NO5. The van der Waals surface area contributed by atoms with Crippen molar-refractivity contribution >= 4 is 5.91 Å². The summed E-state index contributed by atoms with van der Waals surface area (Å²) < 4.78 is 25.4. The van der Waals surface area contributed by atoms with Crippen molar-refractivity contribution in [3.63, 3.8) is 0 Å². The molecule has 3 aromatic carbocycles. The number of hydrogen-bond donors (Lipinski definition) is 1. The van der Waals surface area contributed by atoms with Gasteiger partial charge in [0.2, 0.25) is 5.91 Å². The van der Waals surface area contributed by atoms with Gasteiger partial charge >= 0.3 is 0 Å². The fourth-order valence-electron chi connectivity index (χ4n) is 4.31. The summed E-state index contributed by atoms with van der Waals surface area (Å²) in [6.45, 7) is 7.30. The molecule has 4 rings (SSSR count). The van der Waals surface area contributed by atoms with E-state index in [4.69, 9.17) is 18.9 Å². The van der Waals surface area contributed by atoms with Crippen LogP contribution in [0.25, 0.3) is 0 Å². The van der Waals surface area contributed by atoms with Gasteiger partial charge in [0.25, 0.3) is 0 Å². The Morgan fingerprint density at radius 3 is 1.82 bits per heavy atom. The van der Waals surface area contributed by atoms with Crippen LogP contribution in [0.1, 0.15) is 43.9 Å². The monoisotopic (exact) mass is 517 g/mol. The lowest BCUT2D eigenvalue weighted by molar-refractivity contribution is -0.226. The van der Waals surface area contributed by atoms with Gasteiger partial charge in [-0.05, 0) is 16.7 Å². The van der Waals surface area contributed by atoms with Crippen molar-refractivity contribution in [3.05, 3.63) is 108 Å². The SMILES string of the molecule is CC(C)(C)C(=O)N[C@H]1C[C@@H](OCc2ccccc2)[C@@H](OCc2ccccc2)[C@@H](COCc2ccccc2)O1. The summed E-state index contributed by atoms with van der Waals surface area (Å²) in [6, 6.07) is 30.2. The highest BCUT2D eigenvalue weighted by molar-refractivity contribution is 5.81. The van der Waals surface area contributed by atoms with E-state index in [1.165, 1.54) is 0 Å². The Kier molecular flexibility index (Phi) is 10.1. The average Bonchev–Trinajstić information content (AvgIpc) is 2.92. The van der Waals surface area contributed by atoms with Crippen molar-refractivity contribution in [3.8, 4) is 0 Å². The number of rotatable bonds is 11. The van der Waals surface area contributed by atoms with Crippen LogP contribution in [-0.4, -0.2) is 37.1 Å². The van der Waals surface area contributed by atoms with Crippen LogP contribution in [0.4, 0.5) is 0 Å². The van der Waals surface area contributed by atoms with Gasteiger partial charge < -0.3 is 24.3 Å². The zero-order valence-electron chi connectivity index (χ0n) is 22.5. The zero-order valence-corrected chi connectivity index (χ0v) is 22.5. The first-order valence-corrected chi connectivity index (χ1v) is 13.3. The third-order valence-electron chi connectivity index (χ3n) is 6.48. The van der Waals surface area contributed by atoms with Crippen molar-refractivity contribution in [2.75, 3.05) is 6.61 Å². The minimum Gasteiger partial charge on any atom is -0.374 e. The van der Waals surface area contributed by atoms with Gasteiger partial charge in [-0.15, -0.1) is 0 Å². The molecule has 202 valence electrons. The summed E-state index contributed by atoms with van der Waals surface area (Å²) in [5.74, 6) is -0.0723. The molecule has 0 saturated carbocycles. The van der Waals surface area contributed by atoms with Crippen LogP contribution >= 0.6 is 0 Å². The van der Waals surface area contributed by atoms with E-state index in [1.54, 1.807) is 0 Å². The molecule has 1 N–H and O–H groups in total. The van der Waals surface area contributed by atoms with Crippen LogP contribution in [-0.2, 0) is 43.6 Å². The van der Waals surface area contributed by atoms with E-state index in [-0.39, 0.29) is 18.1 Å². The molecule has 1 amide bonds. The summed E-state index contributed by atoms with van der Waals surface area (Å²) in [4.78, 5) is 12.8. The maximum atomic E-state index is 12.8. The highest BCUT2D eigenvalue weighted by atomic mass is 16.6. The second kappa shape index (κ2) is 13.7. The number of amides is 1. The van der Waals surface area contributed by atoms with Crippen LogP contribution in [0.5, 0.6) is 0 Å². The molecule has 1 aliphatic heterocycles. The van der Waals surface area contributed by atoms with Crippen LogP contribution < -0.4 is 5.32 Å². The van der Waals surface area contributed by atoms with Gasteiger partial charge in [0.15, 0.2) is 0 Å². The molecule has 38 heavy (non-hydrogen) atoms. The van der Waals surface area contributed by atoms with Crippen molar-refractivity contribution < 1.29 is 23.7 Å².